The van der Waals surface area contributed by atoms with Gasteiger partial charge in [-0.25, -0.2) is 0 Å². The van der Waals surface area contributed by atoms with E-state index < -0.39 is 0 Å². The van der Waals surface area contributed by atoms with E-state index in [4.69, 9.17) is 0 Å². The first-order valence-corrected chi connectivity index (χ1v) is 6.54. The van der Waals surface area contributed by atoms with Crippen LogP contribution < -0.4 is 5.32 Å². The quantitative estimate of drug-likeness (QED) is 0.868. The first-order chi connectivity index (χ1) is 8.86. The molecule has 1 heterocycles. The number of benzene rings is 1. The Kier molecular flexibility index (Phi) is 3.11. The van der Waals surface area contributed by atoms with Crippen LogP contribution >= 0.6 is 0 Å². The number of nitrogens with zero attached hydrogens (tertiary/aromatic N) is 3. The molecule has 1 aromatic carbocycles. The van der Waals surface area contributed by atoms with Crippen LogP contribution in [0.1, 0.15) is 29.7 Å². The summed E-state index contributed by atoms with van der Waals surface area (Å²) in [6, 6.07) is 8.66. The van der Waals surface area contributed by atoms with Crippen LogP contribution in [0.25, 0.3) is 0 Å². The minimum Gasteiger partial charge on any atom is -0.311 e. The van der Waals surface area contributed by atoms with Crippen molar-refractivity contribution in [1.29, 1.82) is 0 Å². The van der Waals surface area contributed by atoms with Crippen LogP contribution in [0.4, 0.5) is 0 Å². The van der Waals surface area contributed by atoms with Crippen LogP contribution in [0, 0.1) is 0 Å². The molecule has 0 saturated carbocycles. The number of nitrogens with one attached hydrogen (secondary N) is 1. The third-order valence-corrected chi connectivity index (χ3v) is 3.51. The first kappa shape index (κ1) is 11.4. The summed E-state index contributed by atoms with van der Waals surface area (Å²) >= 11 is 0. The highest BCUT2D eigenvalue weighted by molar-refractivity contribution is 5.39. The standard InChI is InChI=1S/C14H18N4/c1-2-15-8-13-10-18(17-16-13)9-12-7-11-5-3-4-6-14(11)12/h3-6,10,12,15H,2,7-9H2,1H3. The summed E-state index contributed by atoms with van der Waals surface area (Å²) in [5.41, 5.74) is 3.97. The van der Waals surface area contributed by atoms with Crippen molar-refractivity contribution in [2.24, 2.45) is 0 Å². The van der Waals surface area contributed by atoms with Gasteiger partial charge in [-0.1, -0.05) is 36.4 Å². The SMILES string of the molecule is CCNCc1cn(CC2Cc3ccccc32)nn1. The molecule has 1 aliphatic carbocycles. The maximum atomic E-state index is 4.19. The van der Waals surface area contributed by atoms with Gasteiger partial charge < -0.3 is 5.32 Å². The van der Waals surface area contributed by atoms with E-state index in [0.29, 0.717) is 5.92 Å². The van der Waals surface area contributed by atoms with Crippen LogP contribution in [-0.2, 0) is 19.5 Å². The minimum atomic E-state index is 0.606. The van der Waals surface area contributed by atoms with Gasteiger partial charge in [0.1, 0.15) is 0 Å². The zero-order chi connectivity index (χ0) is 12.4. The van der Waals surface area contributed by atoms with Crippen molar-refractivity contribution in [1.82, 2.24) is 20.3 Å². The van der Waals surface area contributed by atoms with Gasteiger partial charge in [0.25, 0.3) is 0 Å². The predicted octanol–water partition coefficient (Wildman–Crippen LogP) is 1.73. The van der Waals surface area contributed by atoms with Gasteiger partial charge in [0.15, 0.2) is 0 Å². The summed E-state index contributed by atoms with van der Waals surface area (Å²) in [5.74, 6) is 0.606. The molecule has 4 heteroatoms. The molecule has 4 nitrogen and oxygen atoms in total. The van der Waals surface area contributed by atoms with Gasteiger partial charge in [-0.2, -0.15) is 0 Å². The van der Waals surface area contributed by atoms with Crippen LogP contribution in [0.2, 0.25) is 0 Å². The number of aromatic nitrogens is 3. The number of fused-ring (bicyclic) bond motifs is 1. The third-order valence-electron chi connectivity index (χ3n) is 3.51. The van der Waals surface area contributed by atoms with Crippen molar-refractivity contribution in [3.8, 4) is 0 Å². The second kappa shape index (κ2) is 4.90. The third kappa shape index (κ3) is 2.16. The van der Waals surface area contributed by atoms with Crippen molar-refractivity contribution in [3.05, 3.63) is 47.3 Å². The molecule has 0 radical (unpaired) electrons. The summed E-state index contributed by atoms with van der Waals surface area (Å²) in [6.07, 6.45) is 3.21. The molecule has 0 aliphatic heterocycles. The lowest BCUT2D eigenvalue weighted by molar-refractivity contribution is 0.465. The Morgan fingerprint density at radius 3 is 3.11 bits per heavy atom. The van der Waals surface area contributed by atoms with Gasteiger partial charge in [0.05, 0.1) is 5.69 Å². The lowest BCUT2D eigenvalue weighted by atomic mass is 9.78. The van der Waals surface area contributed by atoms with Gasteiger partial charge in [-0.3, -0.25) is 4.68 Å². The summed E-state index contributed by atoms with van der Waals surface area (Å²) in [6.45, 7) is 4.80. The predicted molar refractivity (Wildman–Crippen MR) is 70.3 cm³/mol. The molecule has 1 atom stereocenters. The van der Waals surface area contributed by atoms with E-state index in [9.17, 15) is 0 Å². The Morgan fingerprint density at radius 1 is 1.39 bits per heavy atom. The topological polar surface area (TPSA) is 42.7 Å². The molecule has 0 saturated heterocycles. The van der Waals surface area contributed by atoms with Crippen LogP contribution in [0.15, 0.2) is 30.5 Å². The van der Waals surface area contributed by atoms with E-state index in [1.54, 1.807) is 0 Å². The van der Waals surface area contributed by atoms with Crippen LogP contribution in [-0.4, -0.2) is 21.5 Å². The molecule has 18 heavy (non-hydrogen) atoms. The van der Waals surface area contributed by atoms with Crippen LogP contribution in [0.5, 0.6) is 0 Å². The fourth-order valence-electron chi connectivity index (χ4n) is 2.51. The maximum Gasteiger partial charge on any atom is 0.0964 e. The Morgan fingerprint density at radius 2 is 2.28 bits per heavy atom. The average molecular weight is 242 g/mol. The number of rotatable bonds is 5. The average Bonchev–Trinajstić information content (AvgIpc) is 2.81. The van der Waals surface area contributed by atoms with Gasteiger partial charge in [0, 0.05) is 25.2 Å². The van der Waals surface area contributed by atoms with Crippen molar-refractivity contribution in [2.45, 2.75) is 32.4 Å². The Bertz CT molecular complexity index is 532. The van der Waals surface area contributed by atoms with Crippen molar-refractivity contribution in [2.75, 3.05) is 6.54 Å². The molecule has 1 aromatic heterocycles. The highest BCUT2D eigenvalue weighted by Crippen LogP contribution is 2.35. The molecular weight excluding hydrogens is 224 g/mol. The largest absolute Gasteiger partial charge is 0.311 e. The highest BCUT2D eigenvalue weighted by Gasteiger charge is 2.25. The van der Waals surface area contributed by atoms with Crippen LogP contribution in [0.3, 0.4) is 0 Å². The number of hydrogen-bond donors (Lipinski definition) is 1. The van der Waals surface area contributed by atoms with Crippen molar-refractivity contribution >= 4 is 0 Å². The summed E-state index contributed by atoms with van der Waals surface area (Å²) < 4.78 is 1.97. The summed E-state index contributed by atoms with van der Waals surface area (Å²) in [4.78, 5) is 0. The van der Waals surface area contributed by atoms with E-state index in [1.807, 2.05) is 10.9 Å². The molecule has 1 N–H and O–H groups in total. The Balaban J connectivity index is 1.63. The van der Waals surface area contributed by atoms with Gasteiger partial charge >= 0.3 is 0 Å². The molecule has 0 fully saturated rings. The highest BCUT2D eigenvalue weighted by atomic mass is 15.4. The van der Waals surface area contributed by atoms with Gasteiger partial charge in [0.2, 0.25) is 0 Å². The second-order valence-electron chi connectivity index (χ2n) is 4.81. The molecule has 0 amide bonds. The Hall–Kier alpha value is -1.68. The smallest absolute Gasteiger partial charge is 0.0964 e. The minimum absolute atomic E-state index is 0.606. The lowest BCUT2D eigenvalue weighted by Crippen LogP contribution is -2.22. The summed E-state index contributed by atoms with van der Waals surface area (Å²) in [7, 11) is 0. The van der Waals surface area contributed by atoms with E-state index in [0.717, 1.165) is 25.3 Å². The van der Waals surface area contributed by atoms with Crippen molar-refractivity contribution < 1.29 is 0 Å². The second-order valence-corrected chi connectivity index (χ2v) is 4.81. The molecule has 94 valence electrons. The van der Waals surface area contributed by atoms with E-state index in [2.05, 4.69) is 46.8 Å². The zero-order valence-corrected chi connectivity index (χ0v) is 10.6. The van der Waals surface area contributed by atoms with Gasteiger partial charge in [-0.15, -0.1) is 5.10 Å². The number of hydrogen-bond acceptors (Lipinski definition) is 3. The molecule has 1 aliphatic rings. The van der Waals surface area contributed by atoms with Gasteiger partial charge in [-0.05, 0) is 24.1 Å². The van der Waals surface area contributed by atoms with E-state index in [-0.39, 0.29) is 0 Å². The molecular formula is C14H18N4. The first-order valence-electron chi connectivity index (χ1n) is 6.54. The van der Waals surface area contributed by atoms with E-state index >= 15 is 0 Å². The maximum absolute atomic E-state index is 4.19. The molecule has 1 unspecified atom stereocenters. The van der Waals surface area contributed by atoms with Crippen molar-refractivity contribution in [3.63, 3.8) is 0 Å². The molecule has 2 aromatic rings. The fraction of sp³-hybridized carbons (Fsp3) is 0.429. The molecule has 0 bridgehead atoms. The molecule has 3 rings (SSSR count). The van der Waals surface area contributed by atoms with E-state index in [1.165, 1.54) is 17.5 Å². The summed E-state index contributed by atoms with van der Waals surface area (Å²) in [5, 5.41) is 11.6. The lowest BCUT2D eigenvalue weighted by Gasteiger charge is -2.29. The normalized spacial score (nSPS) is 17.3. The zero-order valence-electron chi connectivity index (χ0n) is 10.6. The Labute approximate surface area is 107 Å². The fourth-order valence-corrected chi connectivity index (χ4v) is 2.51. The monoisotopic (exact) mass is 242 g/mol. The molecule has 0 spiro atoms.